The van der Waals surface area contributed by atoms with Crippen LogP contribution in [0.25, 0.3) is 132 Å². The molecule has 0 radical (unpaired) electrons. The van der Waals surface area contributed by atoms with Crippen molar-refractivity contribution in [1.82, 2.24) is 15.0 Å². The minimum atomic E-state index is 1.06. The van der Waals surface area contributed by atoms with Crippen molar-refractivity contribution in [2.24, 2.45) is 0 Å². The molecule has 0 amide bonds. The number of H-pyrrole nitrogens is 3. The van der Waals surface area contributed by atoms with Gasteiger partial charge < -0.3 is 19.9 Å². The lowest BCUT2D eigenvalue weighted by molar-refractivity contribution is 1.28. The third kappa shape index (κ3) is 7.38. The van der Waals surface area contributed by atoms with Crippen LogP contribution in [-0.4, -0.2) is 15.0 Å². The SMILES string of the molecule is c1ccc2cc(-c3[nH]c4ccccc4c3-c3ccc(N(c4ccc(-c5c(-c6ccc7ccccc7c6)[nH]c6ccccc56)cc4)c4ccc(-c5c(-c6ccc7ccccc7c6)[nH]c6ccccc56)cc4)cc3)ccc2c1. The van der Waals surface area contributed by atoms with Gasteiger partial charge in [0, 0.05) is 66.5 Å². The molecule has 0 aliphatic rings. The number of nitrogens with zero attached hydrogens (tertiary/aromatic N) is 1. The summed E-state index contributed by atoms with van der Waals surface area (Å²) in [5, 5.41) is 10.9. The van der Waals surface area contributed by atoms with Crippen molar-refractivity contribution in [3.8, 4) is 67.2 Å². The van der Waals surface area contributed by atoms with Crippen molar-refractivity contribution >= 4 is 82.1 Å². The topological polar surface area (TPSA) is 50.6 Å². The molecule has 3 aromatic heterocycles. The number of fused-ring (bicyclic) bond motifs is 6. The maximum atomic E-state index is 3.82. The molecular formula is C72H48N4. The first-order valence-corrected chi connectivity index (χ1v) is 26.1. The minimum absolute atomic E-state index is 1.06. The van der Waals surface area contributed by atoms with Crippen molar-refractivity contribution in [2.75, 3.05) is 4.90 Å². The highest BCUT2D eigenvalue weighted by Crippen LogP contribution is 2.46. The van der Waals surface area contributed by atoms with E-state index in [1.165, 1.54) is 65.2 Å². The van der Waals surface area contributed by atoms with E-state index in [-0.39, 0.29) is 0 Å². The van der Waals surface area contributed by atoms with E-state index in [0.717, 1.165) is 84.1 Å². The average molecular weight is 969 g/mol. The maximum Gasteiger partial charge on any atom is 0.0544 e. The number of hydrogen-bond donors (Lipinski definition) is 3. The van der Waals surface area contributed by atoms with E-state index in [1.807, 2.05) is 0 Å². The lowest BCUT2D eigenvalue weighted by Gasteiger charge is -2.26. The third-order valence-corrected chi connectivity index (χ3v) is 15.5. The molecule has 3 N–H and O–H groups in total. The molecule has 15 aromatic rings. The summed E-state index contributed by atoms with van der Waals surface area (Å²) in [4.78, 5) is 13.8. The molecule has 12 aromatic carbocycles. The van der Waals surface area contributed by atoms with Gasteiger partial charge in [0.2, 0.25) is 0 Å². The largest absolute Gasteiger partial charge is 0.354 e. The van der Waals surface area contributed by atoms with Crippen LogP contribution < -0.4 is 4.90 Å². The molecule has 0 aliphatic heterocycles. The Morgan fingerprint density at radius 3 is 0.763 bits per heavy atom. The first-order valence-electron chi connectivity index (χ1n) is 26.1. The summed E-state index contributed by atoms with van der Waals surface area (Å²) in [6, 6.07) is 99.3. The molecule has 0 aliphatic carbocycles. The molecular weight excluding hydrogens is 921 g/mol. The summed E-state index contributed by atoms with van der Waals surface area (Å²) in [7, 11) is 0. The molecule has 3 heterocycles. The van der Waals surface area contributed by atoms with E-state index in [1.54, 1.807) is 0 Å². The van der Waals surface area contributed by atoms with Gasteiger partial charge in [0.05, 0.1) is 17.1 Å². The second-order valence-corrected chi connectivity index (χ2v) is 19.9. The van der Waals surface area contributed by atoms with E-state index >= 15 is 0 Å². The van der Waals surface area contributed by atoms with E-state index < -0.39 is 0 Å². The van der Waals surface area contributed by atoms with Crippen LogP contribution in [0.2, 0.25) is 0 Å². The highest BCUT2D eigenvalue weighted by molar-refractivity contribution is 6.08. The molecule has 76 heavy (non-hydrogen) atoms. The van der Waals surface area contributed by atoms with Gasteiger partial charge in [-0.05, 0) is 138 Å². The van der Waals surface area contributed by atoms with Gasteiger partial charge >= 0.3 is 0 Å². The quantitative estimate of drug-likeness (QED) is 0.133. The summed E-state index contributed by atoms with van der Waals surface area (Å²) in [5.74, 6) is 0. The number of nitrogens with one attached hydrogen (secondary N) is 3. The molecule has 0 spiro atoms. The van der Waals surface area contributed by atoms with Crippen LogP contribution in [0.4, 0.5) is 17.1 Å². The van der Waals surface area contributed by atoms with E-state index in [0.29, 0.717) is 0 Å². The number of aromatic amines is 3. The van der Waals surface area contributed by atoms with Crippen LogP contribution in [0.3, 0.4) is 0 Å². The molecule has 0 bridgehead atoms. The number of rotatable bonds is 9. The van der Waals surface area contributed by atoms with E-state index in [9.17, 15) is 0 Å². The van der Waals surface area contributed by atoms with Crippen molar-refractivity contribution in [3.05, 3.63) is 273 Å². The number of anilines is 3. The second kappa shape index (κ2) is 17.8. The van der Waals surface area contributed by atoms with E-state index in [2.05, 4.69) is 293 Å². The second-order valence-electron chi connectivity index (χ2n) is 19.9. The predicted molar refractivity (Wildman–Crippen MR) is 322 cm³/mol. The Morgan fingerprint density at radius 1 is 0.211 bits per heavy atom. The lowest BCUT2D eigenvalue weighted by atomic mass is 9.95. The fourth-order valence-corrected chi connectivity index (χ4v) is 11.8. The van der Waals surface area contributed by atoms with Crippen LogP contribution in [0.5, 0.6) is 0 Å². The van der Waals surface area contributed by atoms with Crippen molar-refractivity contribution < 1.29 is 0 Å². The van der Waals surface area contributed by atoms with Crippen LogP contribution in [0.15, 0.2) is 273 Å². The maximum absolute atomic E-state index is 3.82. The zero-order valence-corrected chi connectivity index (χ0v) is 41.4. The van der Waals surface area contributed by atoms with Gasteiger partial charge in [0.1, 0.15) is 0 Å². The Hall–Kier alpha value is -10.2. The van der Waals surface area contributed by atoms with Gasteiger partial charge in [-0.1, -0.05) is 200 Å². The standard InChI is InChI=1S/C72H48N4/c1-4-16-52-43-55(28-25-46(52)13-1)70-67(61-19-7-10-22-64(61)73-70)49-31-37-58(38-32-49)76(59-39-33-50(34-40-59)68-62-20-8-11-23-65(62)74-71(68)56-29-26-47-14-2-5-17-53(47)44-56)60-41-35-51(36-42-60)69-63-21-9-12-24-66(63)75-72(69)57-30-27-48-15-3-6-18-54(48)45-57/h1-45,73-75H. The van der Waals surface area contributed by atoms with Gasteiger partial charge in [-0.2, -0.15) is 0 Å². The van der Waals surface area contributed by atoms with E-state index in [4.69, 9.17) is 0 Å². The zero-order valence-electron chi connectivity index (χ0n) is 41.4. The Kier molecular flexibility index (Phi) is 10.2. The Balaban J connectivity index is 0.861. The van der Waals surface area contributed by atoms with Crippen LogP contribution in [-0.2, 0) is 0 Å². The van der Waals surface area contributed by atoms with Crippen molar-refractivity contribution in [3.63, 3.8) is 0 Å². The Bertz CT molecular complexity index is 4210. The monoisotopic (exact) mass is 968 g/mol. The molecule has 0 fully saturated rings. The summed E-state index contributed by atoms with van der Waals surface area (Å²) in [6.07, 6.45) is 0. The Morgan fingerprint density at radius 2 is 0.461 bits per heavy atom. The predicted octanol–water partition coefficient (Wildman–Crippen LogP) is 20.1. The van der Waals surface area contributed by atoms with Gasteiger partial charge in [-0.15, -0.1) is 0 Å². The molecule has 4 heteroatoms. The van der Waals surface area contributed by atoms with Crippen LogP contribution >= 0.6 is 0 Å². The summed E-state index contributed by atoms with van der Waals surface area (Å²) in [5.41, 5.74) is 20.4. The smallest absolute Gasteiger partial charge is 0.0544 e. The molecule has 0 atom stereocenters. The molecule has 356 valence electrons. The van der Waals surface area contributed by atoms with Crippen LogP contribution in [0, 0.1) is 0 Å². The Labute approximate surface area is 439 Å². The normalized spacial score (nSPS) is 11.7. The molecule has 0 unspecified atom stereocenters. The molecule has 4 nitrogen and oxygen atoms in total. The summed E-state index contributed by atoms with van der Waals surface area (Å²) in [6.45, 7) is 0. The summed E-state index contributed by atoms with van der Waals surface area (Å²) >= 11 is 0. The van der Waals surface area contributed by atoms with Gasteiger partial charge in [-0.25, -0.2) is 0 Å². The third-order valence-electron chi connectivity index (χ3n) is 15.5. The average Bonchev–Trinajstić information content (AvgIpc) is 4.25. The molecule has 15 rings (SSSR count). The lowest BCUT2D eigenvalue weighted by Crippen LogP contribution is -2.09. The van der Waals surface area contributed by atoms with Crippen molar-refractivity contribution in [2.45, 2.75) is 0 Å². The zero-order chi connectivity index (χ0) is 50.1. The number of aromatic nitrogens is 3. The molecule has 0 saturated carbocycles. The van der Waals surface area contributed by atoms with Gasteiger partial charge in [-0.3, -0.25) is 0 Å². The van der Waals surface area contributed by atoms with Crippen molar-refractivity contribution in [1.29, 1.82) is 0 Å². The number of benzene rings is 12. The first kappa shape index (κ1) is 43.4. The summed E-state index contributed by atoms with van der Waals surface area (Å²) < 4.78 is 0. The van der Waals surface area contributed by atoms with Crippen LogP contribution in [0.1, 0.15) is 0 Å². The fraction of sp³-hybridized carbons (Fsp3) is 0. The van der Waals surface area contributed by atoms with Gasteiger partial charge in [0.15, 0.2) is 0 Å². The highest BCUT2D eigenvalue weighted by Gasteiger charge is 2.22. The highest BCUT2D eigenvalue weighted by atomic mass is 15.1. The minimum Gasteiger partial charge on any atom is -0.354 e. The number of para-hydroxylation sites is 3. The first-order chi connectivity index (χ1) is 37.6. The number of hydrogen-bond acceptors (Lipinski definition) is 1. The molecule has 0 saturated heterocycles. The fourth-order valence-electron chi connectivity index (χ4n) is 11.8. The van der Waals surface area contributed by atoms with Gasteiger partial charge in [0.25, 0.3) is 0 Å².